The van der Waals surface area contributed by atoms with Crippen molar-refractivity contribution in [2.75, 3.05) is 5.32 Å². The van der Waals surface area contributed by atoms with Crippen LogP contribution < -0.4 is 10.8 Å². The summed E-state index contributed by atoms with van der Waals surface area (Å²) in [6.07, 6.45) is 0. The highest BCUT2D eigenvalue weighted by Crippen LogP contribution is 2.20. The number of nitrogens with one attached hydrogen (secondary N) is 1. The van der Waals surface area contributed by atoms with Crippen molar-refractivity contribution in [3.8, 4) is 0 Å². The number of halogens is 2. The van der Waals surface area contributed by atoms with Crippen LogP contribution in [0.25, 0.3) is 0 Å². The molecule has 4 nitrogen and oxygen atoms in total. The number of hydrogen-bond donors (Lipinski definition) is 3. The van der Waals surface area contributed by atoms with E-state index in [1.807, 2.05) is 13.0 Å². The van der Waals surface area contributed by atoms with Crippen LogP contribution in [-0.2, 0) is 0 Å². The Hall–Kier alpha value is -1.70. The molecule has 0 saturated heterocycles. The largest absolute Gasteiger partial charge is 0.491 e. The molecule has 0 aliphatic heterocycles. The number of carbonyl (C=O) groups is 1. The molecule has 0 aliphatic carbocycles. The van der Waals surface area contributed by atoms with E-state index in [0.29, 0.717) is 5.69 Å². The zero-order chi connectivity index (χ0) is 15.6. The van der Waals surface area contributed by atoms with Crippen LogP contribution >= 0.6 is 15.9 Å². The van der Waals surface area contributed by atoms with Gasteiger partial charge in [-0.15, -0.1) is 0 Å². The van der Waals surface area contributed by atoms with E-state index in [0.717, 1.165) is 22.2 Å². The first-order chi connectivity index (χ1) is 9.88. The van der Waals surface area contributed by atoms with Crippen molar-refractivity contribution >= 4 is 40.1 Å². The van der Waals surface area contributed by atoms with Crippen LogP contribution in [0.15, 0.2) is 40.9 Å². The SMILES string of the molecule is Cc1cc(Br)ccc1NC(=O)c1ccc(F)c(B(O)O)c1. The predicted molar refractivity (Wildman–Crippen MR) is 83.1 cm³/mol. The first kappa shape index (κ1) is 15.7. The summed E-state index contributed by atoms with van der Waals surface area (Å²) < 4.78 is 14.3. The van der Waals surface area contributed by atoms with Gasteiger partial charge in [0.25, 0.3) is 5.91 Å². The van der Waals surface area contributed by atoms with Crippen LogP contribution in [0.1, 0.15) is 15.9 Å². The van der Waals surface area contributed by atoms with Crippen molar-refractivity contribution in [2.45, 2.75) is 6.92 Å². The third kappa shape index (κ3) is 3.69. The topological polar surface area (TPSA) is 69.6 Å². The van der Waals surface area contributed by atoms with E-state index in [4.69, 9.17) is 10.0 Å². The quantitative estimate of drug-likeness (QED) is 0.739. The van der Waals surface area contributed by atoms with Crippen LogP contribution in [0.3, 0.4) is 0 Å². The van der Waals surface area contributed by atoms with Gasteiger partial charge in [0.2, 0.25) is 0 Å². The summed E-state index contributed by atoms with van der Waals surface area (Å²) >= 11 is 3.33. The van der Waals surface area contributed by atoms with Gasteiger partial charge in [-0.1, -0.05) is 15.9 Å². The molecule has 108 valence electrons. The molecule has 3 N–H and O–H groups in total. The number of aryl methyl sites for hydroxylation is 1. The summed E-state index contributed by atoms with van der Waals surface area (Å²) in [5.74, 6) is -1.23. The van der Waals surface area contributed by atoms with E-state index in [2.05, 4.69) is 21.2 Å². The molecule has 0 unspecified atom stereocenters. The van der Waals surface area contributed by atoms with E-state index in [9.17, 15) is 9.18 Å². The highest BCUT2D eigenvalue weighted by atomic mass is 79.9. The Balaban J connectivity index is 2.26. The molecular weight excluding hydrogens is 340 g/mol. The Morgan fingerprint density at radius 3 is 2.57 bits per heavy atom. The average Bonchev–Trinajstić information content (AvgIpc) is 2.42. The summed E-state index contributed by atoms with van der Waals surface area (Å²) in [5.41, 5.74) is 1.29. The number of rotatable bonds is 3. The molecule has 0 aliphatic rings. The van der Waals surface area contributed by atoms with Crippen LogP contribution in [0, 0.1) is 12.7 Å². The van der Waals surface area contributed by atoms with Gasteiger partial charge < -0.3 is 15.4 Å². The van der Waals surface area contributed by atoms with Crippen molar-refractivity contribution < 1.29 is 19.2 Å². The third-order valence-corrected chi connectivity index (χ3v) is 3.47. The zero-order valence-corrected chi connectivity index (χ0v) is 12.7. The Morgan fingerprint density at radius 2 is 1.95 bits per heavy atom. The lowest BCUT2D eigenvalue weighted by atomic mass is 9.79. The van der Waals surface area contributed by atoms with Gasteiger partial charge >= 0.3 is 7.12 Å². The fourth-order valence-corrected chi connectivity index (χ4v) is 2.32. The summed E-state index contributed by atoms with van der Waals surface area (Å²) in [4.78, 5) is 12.1. The molecule has 0 spiro atoms. The second kappa shape index (κ2) is 6.38. The Morgan fingerprint density at radius 1 is 1.24 bits per heavy atom. The minimum atomic E-state index is -1.97. The maximum atomic E-state index is 13.4. The fourth-order valence-electron chi connectivity index (χ4n) is 1.84. The highest BCUT2D eigenvalue weighted by molar-refractivity contribution is 9.10. The van der Waals surface area contributed by atoms with Gasteiger partial charge in [-0.05, 0) is 48.9 Å². The van der Waals surface area contributed by atoms with Crippen molar-refractivity contribution in [1.82, 2.24) is 0 Å². The minimum Gasteiger partial charge on any atom is -0.423 e. The molecule has 2 rings (SSSR count). The van der Waals surface area contributed by atoms with Gasteiger partial charge in [0.1, 0.15) is 5.82 Å². The molecule has 7 heteroatoms. The van der Waals surface area contributed by atoms with Gasteiger partial charge in [-0.3, -0.25) is 4.79 Å². The lowest BCUT2D eigenvalue weighted by Gasteiger charge is -2.10. The maximum Gasteiger partial charge on any atom is 0.491 e. The maximum absolute atomic E-state index is 13.4. The van der Waals surface area contributed by atoms with Crippen molar-refractivity contribution in [1.29, 1.82) is 0 Å². The number of hydrogen-bond acceptors (Lipinski definition) is 3. The van der Waals surface area contributed by atoms with E-state index < -0.39 is 18.8 Å². The van der Waals surface area contributed by atoms with E-state index >= 15 is 0 Å². The molecular formula is C14H12BBrFNO3. The molecule has 1 amide bonds. The second-order valence-corrected chi connectivity index (χ2v) is 5.44. The van der Waals surface area contributed by atoms with E-state index in [-0.39, 0.29) is 11.0 Å². The Kier molecular flexibility index (Phi) is 4.77. The van der Waals surface area contributed by atoms with Gasteiger partial charge in [-0.2, -0.15) is 0 Å². The Labute approximate surface area is 129 Å². The smallest absolute Gasteiger partial charge is 0.423 e. The van der Waals surface area contributed by atoms with Crippen molar-refractivity contribution in [3.05, 3.63) is 57.8 Å². The monoisotopic (exact) mass is 351 g/mol. The molecule has 2 aromatic carbocycles. The molecule has 0 bridgehead atoms. The van der Waals surface area contributed by atoms with Gasteiger partial charge in [0.15, 0.2) is 0 Å². The van der Waals surface area contributed by atoms with E-state index in [1.54, 1.807) is 12.1 Å². The van der Waals surface area contributed by atoms with Gasteiger partial charge in [0, 0.05) is 21.2 Å². The van der Waals surface area contributed by atoms with E-state index in [1.165, 1.54) is 6.07 Å². The number of benzene rings is 2. The molecule has 0 aromatic heterocycles. The standard InChI is InChI=1S/C14H12BBrFNO3/c1-8-6-10(16)3-5-13(8)18-14(19)9-2-4-12(17)11(7-9)15(20)21/h2-7,20-21H,1H3,(H,18,19). The molecule has 0 fully saturated rings. The lowest BCUT2D eigenvalue weighted by molar-refractivity contribution is 0.102. The van der Waals surface area contributed by atoms with Crippen molar-refractivity contribution in [2.24, 2.45) is 0 Å². The number of anilines is 1. The van der Waals surface area contributed by atoms with Crippen LogP contribution in [0.5, 0.6) is 0 Å². The highest BCUT2D eigenvalue weighted by Gasteiger charge is 2.19. The fraction of sp³-hybridized carbons (Fsp3) is 0.0714. The van der Waals surface area contributed by atoms with Gasteiger partial charge in [-0.25, -0.2) is 4.39 Å². The third-order valence-electron chi connectivity index (χ3n) is 2.97. The summed E-state index contributed by atoms with van der Waals surface area (Å²) in [6, 6.07) is 8.80. The second-order valence-electron chi connectivity index (χ2n) is 4.52. The number of amides is 1. The summed E-state index contributed by atoms with van der Waals surface area (Å²) in [6.45, 7) is 1.84. The summed E-state index contributed by atoms with van der Waals surface area (Å²) in [5, 5.41) is 20.8. The Bertz CT molecular complexity index is 694. The summed E-state index contributed by atoms with van der Waals surface area (Å²) in [7, 11) is -1.97. The van der Waals surface area contributed by atoms with Crippen molar-refractivity contribution in [3.63, 3.8) is 0 Å². The zero-order valence-electron chi connectivity index (χ0n) is 11.1. The lowest BCUT2D eigenvalue weighted by Crippen LogP contribution is -2.33. The average molecular weight is 352 g/mol. The van der Waals surface area contributed by atoms with Gasteiger partial charge in [0.05, 0.1) is 0 Å². The normalized spacial score (nSPS) is 10.3. The molecule has 0 saturated carbocycles. The first-order valence-corrected chi connectivity index (χ1v) is 6.91. The van der Waals surface area contributed by atoms with Crippen LogP contribution in [0.4, 0.5) is 10.1 Å². The minimum absolute atomic E-state index is 0.141. The first-order valence-electron chi connectivity index (χ1n) is 6.11. The molecule has 0 atom stereocenters. The molecule has 21 heavy (non-hydrogen) atoms. The molecule has 0 heterocycles. The predicted octanol–water partition coefficient (Wildman–Crippen LogP) is 1.83. The molecule has 0 radical (unpaired) electrons. The van der Waals surface area contributed by atoms with Crippen LogP contribution in [-0.4, -0.2) is 23.1 Å². The molecule has 2 aromatic rings. The van der Waals surface area contributed by atoms with Crippen LogP contribution in [0.2, 0.25) is 0 Å². The number of carbonyl (C=O) groups excluding carboxylic acids is 1.